The van der Waals surface area contributed by atoms with Gasteiger partial charge in [0.25, 0.3) is 0 Å². The molecule has 0 radical (unpaired) electrons. The second-order valence-corrected chi connectivity index (χ2v) is 14.6. The fraction of sp³-hybridized carbons (Fsp3) is 0.250. The number of benzene rings is 3. The SMILES string of the molecule is COC(C(O)CO)C(O)C(O)CNC(=S)Nc1ccc(-c2c3cc(I)c(=O)c(I)c-3oc3c(I)c(O)c(I)cc23)c(C(=O)O)c1. The number of aliphatic hydroxyl groups excluding tert-OH is 4. The zero-order valence-electron chi connectivity index (χ0n) is 22.8. The van der Waals surface area contributed by atoms with E-state index in [1.165, 1.54) is 13.2 Å². The molecule has 1 aliphatic carbocycles. The van der Waals surface area contributed by atoms with Crippen LogP contribution in [0.15, 0.2) is 39.5 Å². The number of thiocarbonyl (C=S) groups is 1. The molecule has 4 rings (SSSR count). The van der Waals surface area contributed by atoms with Crippen LogP contribution in [0.1, 0.15) is 10.4 Å². The minimum Gasteiger partial charge on any atom is -0.506 e. The van der Waals surface area contributed by atoms with Crippen molar-refractivity contribution in [3.63, 3.8) is 0 Å². The van der Waals surface area contributed by atoms with E-state index in [0.717, 1.165) is 0 Å². The van der Waals surface area contributed by atoms with Gasteiger partial charge in [-0.2, -0.15) is 0 Å². The van der Waals surface area contributed by atoms with E-state index < -0.39 is 37.0 Å². The van der Waals surface area contributed by atoms with Gasteiger partial charge in [0.15, 0.2) is 16.5 Å². The number of hydrogen-bond donors (Lipinski definition) is 8. The Hall–Kier alpha value is -1.19. The summed E-state index contributed by atoms with van der Waals surface area (Å²) in [4.78, 5) is 25.5. The van der Waals surface area contributed by atoms with Crippen LogP contribution in [0.3, 0.4) is 0 Å². The van der Waals surface area contributed by atoms with E-state index in [1.807, 2.05) is 90.4 Å². The van der Waals surface area contributed by atoms with Gasteiger partial charge in [0.2, 0.25) is 5.43 Å². The molecule has 2 aliphatic rings. The molecule has 0 saturated carbocycles. The van der Waals surface area contributed by atoms with Crippen molar-refractivity contribution >= 4 is 130 Å². The van der Waals surface area contributed by atoms with Gasteiger partial charge in [-0.05, 0) is 132 Å². The topological polar surface area (TPSA) is 202 Å². The van der Waals surface area contributed by atoms with Gasteiger partial charge in [0.1, 0.15) is 27.6 Å². The first-order chi connectivity index (χ1) is 21.2. The Balaban J connectivity index is 1.74. The highest BCUT2D eigenvalue weighted by atomic mass is 127. The van der Waals surface area contributed by atoms with Crippen molar-refractivity contribution in [2.75, 3.05) is 25.6 Å². The summed E-state index contributed by atoms with van der Waals surface area (Å²) >= 11 is 13.1. The van der Waals surface area contributed by atoms with Crippen molar-refractivity contribution in [1.29, 1.82) is 0 Å². The van der Waals surface area contributed by atoms with Crippen LogP contribution in [-0.2, 0) is 4.74 Å². The number of hydrogen-bond acceptors (Lipinski definition) is 10. The van der Waals surface area contributed by atoms with Gasteiger partial charge in [-0.1, -0.05) is 6.07 Å². The van der Waals surface area contributed by atoms with Gasteiger partial charge in [0.05, 0.1) is 29.0 Å². The highest BCUT2D eigenvalue weighted by Crippen LogP contribution is 2.46. The number of nitrogens with one attached hydrogen (secondary N) is 2. The second-order valence-electron chi connectivity index (χ2n) is 9.66. The van der Waals surface area contributed by atoms with Crippen molar-refractivity contribution in [3.8, 4) is 28.2 Å². The molecule has 2 aromatic rings. The number of aromatic hydroxyl groups is 1. The van der Waals surface area contributed by atoms with Gasteiger partial charge in [-0.3, -0.25) is 4.79 Å². The maximum Gasteiger partial charge on any atom is 0.336 e. The smallest absolute Gasteiger partial charge is 0.336 e. The Morgan fingerprint density at radius 2 is 1.71 bits per heavy atom. The van der Waals surface area contributed by atoms with Crippen LogP contribution in [0.2, 0.25) is 0 Å². The predicted molar refractivity (Wildman–Crippen MR) is 204 cm³/mol. The number of carboxylic acids is 1. The number of rotatable bonds is 10. The van der Waals surface area contributed by atoms with E-state index >= 15 is 0 Å². The Kier molecular flexibility index (Phi) is 12.5. The summed E-state index contributed by atoms with van der Waals surface area (Å²) in [7, 11) is 1.22. The molecule has 2 aromatic carbocycles. The molecule has 0 spiro atoms. The van der Waals surface area contributed by atoms with Gasteiger partial charge in [-0.15, -0.1) is 0 Å². The lowest BCUT2D eigenvalue weighted by Crippen LogP contribution is -2.50. The summed E-state index contributed by atoms with van der Waals surface area (Å²) in [6, 6.07) is 7.93. The minimum absolute atomic E-state index is 0.000381. The van der Waals surface area contributed by atoms with Crippen LogP contribution in [0.4, 0.5) is 5.69 Å². The van der Waals surface area contributed by atoms with Crippen LogP contribution in [0, 0.1) is 14.3 Å². The number of methoxy groups -OCH3 is 1. The fourth-order valence-corrected chi connectivity index (χ4v) is 8.42. The summed E-state index contributed by atoms with van der Waals surface area (Å²) < 4.78 is 12.8. The molecule has 0 saturated heterocycles. The van der Waals surface area contributed by atoms with E-state index in [-0.39, 0.29) is 34.2 Å². The monoisotopic (exact) mass is 1090 g/mol. The van der Waals surface area contributed by atoms with Gasteiger partial charge in [0, 0.05) is 35.9 Å². The molecular weight excluding hydrogens is 1060 g/mol. The quantitative estimate of drug-likeness (QED) is 0.0650. The standard InChI is InChI=1S/C28H24I4N2O10S/c1-43-26(17(37)8-35)23(40)16(36)7-33-28(45)34-9-2-3-10(11(4-9)27(41)42)18-12-5-14(29)21(38)19(31)24(12)44-25-13(18)6-15(30)22(39)20(25)32/h2-6,16-17,23,26,35-38,40H,7-8H2,1H3,(H,41,42)(H2,33,34,45). The summed E-state index contributed by atoms with van der Waals surface area (Å²) in [5, 5.41) is 66.7. The van der Waals surface area contributed by atoms with Crippen molar-refractivity contribution < 1.29 is 44.6 Å². The third-order valence-electron chi connectivity index (χ3n) is 6.84. The molecule has 0 bridgehead atoms. The molecule has 4 atom stereocenters. The molecule has 45 heavy (non-hydrogen) atoms. The lowest BCUT2D eigenvalue weighted by atomic mass is 9.90. The number of anilines is 1. The number of aliphatic hydroxyl groups is 4. The van der Waals surface area contributed by atoms with Crippen molar-refractivity contribution in [3.05, 3.63) is 60.4 Å². The molecule has 1 aliphatic heterocycles. The average molecular weight is 1090 g/mol. The summed E-state index contributed by atoms with van der Waals surface area (Å²) in [5.41, 5.74) is 1.60. The Morgan fingerprint density at radius 3 is 2.33 bits per heavy atom. The van der Waals surface area contributed by atoms with E-state index in [2.05, 4.69) is 10.6 Å². The Labute approximate surface area is 315 Å². The zero-order valence-corrected chi connectivity index (χ0v) is 32.3. The number of halogens is 4. The van der Waals surface area contributed by atoms with Gasteiger partial charge in [-0.25, -0.2) is 4.79 Å². The lowest BCUT2D eigenvalue weighted by Gasteiger charge is -2.28. The van der Waals surface area contributed by atoms with Crippen LogP contribution in [0.25, 0.3) is 33.4 Å². The van der Waals surface area contributed by atoms with Crippen LogP contribution >= 0.6 is 103 Å². The highest BCUT2D eigenvalue weighted by molar-refractivity contribution is 14.1. The average Bonchev–Trinajstić information content (AvgIpc) is 3.01. The van der Waals surface area contributed by atoms with Crippen LogP contribution < -0.4 is 16.1 Å². The predicted octanol–water partition coefficient (Wildman–Crippen LogP) is 3.76. The van der Waals surface area contributed by atoms with E-state index in [1.54, 1.807) is 24.3 Å². The summed E-state index contributed by atoms with van der Waals surface area (Å²) in [5.74, 6) is -0.984. The number of phenols is 1. The van der Waals surface area contributed by atoms with E-state index in [0.29, 0.717) is 47.6 Å². The zero-order chi connectivity index (χ0) is 33.3. The second kappa shape index (κ2) is 15.4. The molecule has 8 N–H and O–H groups in total. The minimum atomic E-state index is -1.55. The Bertz CT molecular complexity index is 1820. The van der Waals surface area contributed by atoms with Gasteiger partial charge >= 0.3 is 5.97 Å². The first-order valence-corrected chi connectivity index (χ1v) is 17.5. The molecule has 0 fully saturated rings. The number of ether oxygens (including phenoxy) is 1. The molecule has 12 nitrogen and oxygen atoms in total. The van der Waals surface area contributed by atoms with Crippen LogP contribution in [0.5, 0.6) is 5.75 Å². The number of aromatic carboxylic acids is 1. The number of fused-ring (bicyclic) bond motifs is 2. The van der Waals surface area contributed by atoms with Crippen LogP contribution in [-0.4, -0.2) is 86.4 Å². The van der Waals surface area contributed by atoms with Gasteiger partial charge < -0.3 is 50.4 Å². The molecule has 0 amide bonds. The first-order valence-electron chi connectivity index (χ1n) is 12.8. The first kappa shape index (κ1) is 36.6. The lowest BCUT2D eigenvalue weighted by molar-refractivity contribution is -0.128. The van der Waals surface area contributed by atoms with Crippen molar-refractivity contribution in [1.82, 2.24) is 5.32 Å². The maximum atomic E-state index is 12.8. The number of carboxylic acid groups (broad SMARTS) is 1. The van der Waals surface area contributed by atoms with Crippen molar-refractivity contribution in [2.24, 2.45) is 0 Å². The summed E-state index contributed by atoms with van der Waals surface area (Å²) in [6.07, 6.45) is -5.66. The fourth-order valence-electron chi connectivity index (χ4n) is 4.64. The van der Waals surface area contributed by atoms with Crippen molar-refractivity contribution in [2.45, 2.75) is 24.4 Å². The molecule has 240 valence electrons. The molecule has 4 unspecified atom stereocenters. The third-order valence-corrected chi connectivity index (χ3v) is 10.7. The number of carbonyl (C=O) groups is 1. The number of phenolic OH excluding ortho intramolecular Hbond substituents is 1. The summed E-state index contributed by atoms with van der Waals surface area (Å²) in [6.45, 7) is -0.941. The molecule has 17 heteroatoms. The maximum absolute atomic E-state index is 12.8. The van der Waals surface area contributed by atoms with E-state index in [4.69, 9.17) is 26.5 Å². The molecule has 1 heterocycles. The third kappa shape index (κ3) is 7.61. The molecular formula is C28H24I4N2O10S. The van der Waals surface area contributed by atoms with E-state index in [9.17, 15) is 35.1 Å². The molecule has 0 aromatic heterocycles. The highest BCUT2D eigenvalue weighted by Gasteiger charge is 2.32. The largest absolute Gasteiger partial charge is 0.506 e. The normalized spacial score (nSPS) is 14.2. The Morgan fingerprint density at radius 1 is 1.02 bits per heavy atom.